The molecule has 0 radical (unpaired) electrons. The van der Waals surface area contributed by atoms with Crippen molar-refractivity contribution < 1.29 is 9.53 Å². The zero-order valence-electron chi connectivity index (χ0n) is 7.34. The third-order valence-electron chi connectivity index (χ3n) is 1.33. The van der Waals surface area contributed by atoms with Crippen LogP contribution in [0.1, 0.15) is 20.8 Å². The van der Waals surface area contributed by atoms with E-state index in [2.05, 4.69) is 10.5 Å². The summed E-state index contributed by atoms with van der Waals surface area (Å²) in [4.78, 5) is 10.4. The van der Waals surface area contributed by atoms with Crippen LogP contribution in [0.5, 0.6) is 0 Å². The van der Waals surface area contributed by atoms with E-state index >= 15 is 0 Å². The van der Waals surface area contributed by atoms with Crippen molar-refractivity contribution in [3.8, 4) is 0 Å². The minimum absolute atomic E-state index is 0.0538. The van der Waals surface area contributed by atoms with Crippen molar-refractivity contribution in [3.05, 3.63) is 0 Å². The van der Waals surface area contributed by atoms with Gasteiger partial charge in [-0.3, -0.25) is 4.79 Å². The topological polar surface area (TPSA) is 50.7 Å². The molecule has 0 bridgehead atoms. The summed E-state index contributed by atoms with van der Waals surface area (Å²) in [5.74, 6) is -0.173. The Morgan fingerprint density at radius 3 is 2.45 bits per heavy atom. The van der Waals surface area contributed by atoms with E-state index in [4.69, 9.17) is 4.74 Å². The molecule has 1 atom stereocenters. The van der Waals surface area contributed by atoms with E-state index in [1.807, 2.05) is 6.92 Å². The first-order chi connectivity index (χ1) is 5.07. The van der Waals surface area contributed by atoms with E-state index in [1.54, 1.807) is 14.0 Å². The number of nitrogens with one attached hydrogen (secondary N) is 1. The Morgan fingerprint density at radius 1 is 1.55 bits per heavy atom. The van der Waals surface area contributed by atoms with Crippen molar-refractivity contribution in [1.29, 1.82) is 0 Å². The van der Waals surface area contributed by atoms with E-state index < -0.39 is 0 Å². The van der Waals surface area contributed by atoms with Crippen LogP contribution in [0.3, 0.4) is 0 Å². The highest BCUT2D eigenvalue weighted by atomic mass is 16.5. The zero-order chi connectivity index (χ0) is 8.85. The SMILES string of the molecule is COC(C)/C(C)=N/NC(C)=O. The summed E-state index contributed by atoms with van der Waals surface area (Å²) in [6, 6.07) is 0. The third-order valence-corrected chi connectivity index (χ3v) is 1.33. The van der Waals surface area contributed by atoms with Crippen LogP contribution in [0.2, 0.25) is 0 Å². The van der Waals surface area contributed by atoms with E-state index in [1.165, 1.54) is 6.92 Å². The molecule has 0 aromatic carbocycles. The number of rotatable bonds is 3. The fourth-order valence-electron chi connectivity index (χ4n) is 0.428. The third kappa shape index (κ3) is 4.50. The molecule has 0 aliphatic rings. The molecular weight excluding hydrogens is 144 g/mol. The molecule has 0 aromatic rings. The van der Waals surface area contributed by atoms with Crippen LogP contribution in [-0.4, -0.2) is 24.8 Å². The van der Waals surface area contributed by atoms with E-state index in [-0.39, 0.29) is 12.0 Å². The number of ether oxygens (including phenoxy) is 1. The Hall–Kier alpha value is -0.900. The molecule has 11 heavy (non-hydrogen) atoms. The second-order valence-corrected chi connectivity index (χ2v) is 2.30. The van der Waals surface area contributed by atoms with Gasteiger partial charge < -0.3 is 4.74 Å². The maximum Gasteiger partial charge on any atom is 0.236 e. The second kappa shape index (κ2) is 4.85. The Balaban J connectivity index is 3.89. The first-order valence-electron chi connectivity index (χ1n) is 3.41. The molecule has 1 amide bonds. The molecule has 0 heterocycles. The predicted octanol–water partition coefficient (Wildman–Crippen LogP) is 0.533. The quantitative estimate of drug-likeness (QED) is 0.481. The highest BCUT2D eigenvalue weighted by molar-refractivity contribution is 5.87. The molecular formula is C7H14N2O2. The van der Waals surface area contributed by atoms with Gasteiger partial charge in [0.25, 0.3) is 0 Å². The molecule has 1 N–H and O–H groups in total. The molecule has 1 unspecified atom stereocenters. The summed E-state index contributed by atoms with van der Waals surface area (Å²) >= 11 is 0. The normalized spacial score (nSPS) is 14.4. The van der Waals surface area contributed by atoms with Gasteiger partial charge in [-0.05, 0) is 13.8 Å². The van der Waals surface area contributed by atoms with Gasteiger partial charge >= 0.3 is 0 Å². The Bertz CT molecular complexity index is 166. The lowest BCUT2D eigenvalue weighted by atomic mass is 10.3. The number of carbonyl (C=O) groups excluding carboxylic acids is 1. The van der Waals surface area contributed by atoms with Crippen LogP contribution in [0.4, 0.5) is 0 Å². The van der Waals surface area contributed by atoms with Gasteiger partial charge in [0.15, 0.2) is 0 Å². The number of carbonyl (C=O) groups is 1. The highest BCUT2D eigenvalue weighted by Crippen LogP contribution is 1.90. The lowest BCUT2D eigenvalue weighted by molar-refractivity contribution is -0.118. The Kier molecular flexibility index (Phi) is 4.45. The fraction of sp³-hybridized carbons (Fsp3) is 0.714. The molecule has 0 fully saturated rings. The molecule has 0 aliphatic carbocycles. The monoisotopic (exact) mass is 158 g/mol. The number of methoxy groups -OCH3 is 1. The molecule has 4 nitrogen and oxygen atoms in total. The van der Waals surface area contributed by atoms with Gasteiger partial charge in [-0.2, -0.15) is 5.10 Å². The Labute approximate surface area is 66.6 Å². The van der Waals surface area contributed by atoms with E-state index in [9.17, 15) is 4.79 Å². The van der Waals surface area contributed by atoms with Crippen molar-refractivity contribution in [1.82, 2.24) is 5.43 Å². The first-order valence-corrected chi connectivity index (χ1v) is 3.41. The number of amides is 1. The van der Waals surface area contributed by atoms with Gasteiger partial charge in [0.1, 0.15) is 0 Å². The fourth-order valence-corrected chi connectivity index (χ4v) is 0.428. The second-order valence-electron chi connectivity index (χ2n) is 2.30. The number of hydrogen-bond donors (Lipinski definition) is 1. The Morgan fingerprint density at radius 2 is 2.09 bits per heavy atom. The minimum atomic E-state index is -0.173. The molecule has 64 valence electrons. The maximum absolute atomic E-state index is 10.4. The summed E-state index contributed by atoms with van der Waals surface area (Å²) in [5.41, 5.74) is 3.08. The van der Waals surface area contributed by atoms with Crippen molar-refractivity contribution in [2.75, 3.05) is 7.11 Å². The zero-order valence-corrected chi connectivity index (χ0v) is 7.34. The van der Waals surface area contributed by atoms with Gasteiger partial charge in [0.2, 0.25) is 5.91 Å². The minimum Gasteiger partial charge on any atom is -0.376 e. The maximum atomic E-state index is 10.4. The summed E-state index contributed by atoms with van der Waals surface area (Å²) in [6.07, 6.45) is -0.0538. The first kappa shape index (κ1) is 10.1. The van der Waals surface area contributed by atoms with Gasteiger partial charge in [-0.1, -0.05) is 0 Å². The van der Waals surface area contributed by atoms with Crippen LogP contribution in [0, 0.1) is 0 Å². The van der Waals surface area contributed by atoms with Gasteiger partial charge in [-0.25, -0.2) is 5.43 Å². The van der Waals surface area contributed by atoms with Crippen LogP contribution in [-0.2, 0) is 9.53 Å². The molecule has 0 saturated carbocycles. The highest BCUT2D eigenvalue weighted by Gasteiger charge is 2.02. The summed E-state index contributed by atoms with van der Waals surface area (Å²) in [7, 11) is 1.59. The summed E-state index contributed by atoms with van der Waals surface area (Å²) in [5, 5.41) is 3.79. The van der Waals surface area contributed by atoms with Crippen LogP contribution in [0.25, 0.3) is 0 Å². The van der Waals surface area contributed by atoms with Crippen molar-refractivity contribution in [2.45, 2.75) is 26.9 Å². The largest absolute Gasteiger partial charge is 0.376 e. The lowest BCUT2D eigenvalue weighted by Gasteiger charge is -2.07. The molecule has 0 spiro atoms. The standard InChI is InChI=1S/C7H14N2O2/c1-5(6(2)11-4)8-9-7(3)10/h6H,1-4H3,(H,9,10)/b8-5+. The van der Waals surface area contributed by atoms with Crippen LogP contribution >= 0.6 is 0 Å². The van der Waals surface area contributed by atoms with Gasteiger partial charge in [-0.15, -0.1) is 0 Å². The van der Waals surface area contributed by atoms with E-state index in [0.29, 0.717) is 0 Å². The average Bonchev–Trinajstić information content (AvgIpc) is 1.98. The summed E-state index contributed by atoms with van der Waals surface area (Å²) in [6.45, 7) is 5.07. The van der Waals surface area contributed by atoms with Gasteiger partial charge in [0, 0.05) is 14.0 Å². The van der Waals surface area contributed by atoms with Crippen LogP contribution in [0.15, 0.2) is 5.10 Å². The number of hydrogen-bond acceptors (Lipinski definition) is 3. The molecule has 0 aliphatic heterocycles. The van der Waals surface area contributed by atoms with Gasteiger partial charge in [0.05, 0.1) is 11.8 Å². The van der Waals surface area contributed by atoms with Crippen LogP contribution < -0.4 is 5.43 Å². The lowest BCUT2D eigenvalue weighted by Crippen LogP contribution is -2.21. The van der Waals surface area contributed by atoms with Crippen molar-refractivity contribution in [2.24, 2.45) is 5.10 Å². The van der Waals surface area contributed by atoms with Crippen molar-refractivity contribution >= 4 is 11.6 Å². The molecule has 4 heteroatoms. The molecule has 0 aromatic heterocycles. The molecule has 0 rings (SSSR count). The number of hydrazone groups is 1. The average molecular weight is 158 g/mol. The van der Waals surface area contributed by atoms with E-state index in [0.717, 1.165) is 5.71 Å². The van der Waals surface area contributed by atoms with Crippen molar-refractivity contribution in [3.63, 3.8) is 0 Å². The molecule has 0 saturated heterocycles. The predicted molar refractivity (Wildman–Crippen MR) is 43.4 cm³/mol. The number of nitrogens with zero attached hydrogens (tertiary/aromatic N) is 1. The summed E-state index contributed by atoms with van der Waals surface area (Å²) < 4.78 is 4.96. The smallest absolute Gasteiger partial charge is 0.236 e.